The van der Waals surface area contributed by atoms with Crippen LogP contribution in [0.1, 0.15) is 27.4 Å². The molecule has 1 aliphatic rings. The second-order valence-electron chi connectivity index (χ2n) is 5.34. The summed E-state index contributed by atoms with van der Waals surface area (Å²) in [6.45, 7) is 3.85. The van der Waals surface area contributed by atoms with Crippen LogP contribution in [0.2, 0.25) is 0 Å². The molecule has 0 radical (unpaired) electrons. The molecule has 0 atom stereocenters. The van der Waals surface area contributed by atoms with Gasteiger partial charge in [-0.2, -0.15) is 10.2 Å². The summed E-state index contributed by atoms with van der Waals surface area (Å²) in [5.74, 6) is -0.436. The van der Waals surface area contributed by atoms with E-state index in [1.807, 2.05) is 17.7 Å². The number of carbonyl (C=O) groups excluding carboxylic acids is 1. The number of aromatic nitrogens is 5. The molecule has 23 heavy (non-hydrogen) atoms. The molecule has 0 amide bonds. The molecule has 0 bridgehead atoms. The van der Waals surface area contributed by atoms with Crippen LogP contribution in [0.15, 0.2) is 24.5 Å². The van der Waals surface area contributed by atoms with Gasteiger partial charge >= 0.3 is 5.97 Å². The molecule has 0 saturated carbocycles. The Hall–Kier alpha value is -2.74. The van der Waals surface area contributed by atoms with Crippen LogP contribution in [0.5, 0.6) is 0 Å². The first kappa shape index (κ1) is 13.9. The highest BCUT2D eigenvalue weighted by Gasteiger charge is 2.17. The number of nitrogens with zero attached hydrogens (tertiary/aromatic N) is 5. The van der Waals surface area contributed by atoms with Crippen molar-refractivity contribution >= 4 is 11.6 Å². The van der Waals surface area contributed by atoms with Crippen LogP contribution < -0.4 is 0 Å². The van der Waals surface area contributed by atoms with Gasteiger partial charge in [0.25, 0.3) is 0 Å². The Kier molecular flexibility index (Phi) is 3.30. The van der Waals surface area contributed by atoms with Crippen LogP contribution in [-0.2, 0) is 29.2 Å². The van der Waals surface area contributed by atoms with E-state index in [2.05, 4.69) is 15.2 Å². The third kappa shape index (κ3) is 2.46. The molecular formula is C15H15N5O3. The summed E-state index contributed by atoms with van der Waals surface area (Å²) in [7, 11) is 0. The maximum Gasteiger partial charge on any atom is 0.341 e. The van der Waals surface area contributed by atoms with Gasteiger partial charge in [0.2, 0.25) is 0 Å². The summed E-state index contributed by atoms with van der Waals surface area (Å²) in [5.41, 5.74) is 3.50. The number of rotatable bonds is 3. The predicted molar refractivity (Wildman–Crippen MR) is 78.7 cm³/mol. The van der Waals surface area contributed by atoms with Crippen molar-refractivity contribution in [3.8, 4) is 0 Å². The third-order valence-electron chi connectivity index (χ3n) is 3.84. The molecule has 0 aliphatic carbocycles. The largest absolute Gasteiger partial charge is 0.455 e. The first-order valence-corrected chi connectivity index (χ1v) is 7.32. The normalized spacial score (nSPS) is 14.0. The highest BCUT2D eigenvalue weighted by Crippen LogP contribution is 2.14. The predicted octanol–water partition coefficient (Wildman–Crippen LogP) is 1.12. The quantitative estimate of drug-likeness (QED) is 0.674. The number of hydrogen-bond donors (Lipinski definition) is 0. The lowest BCUT2D eigenvalue weighted by atomic mass is 10.2. The number of ether oxygens (including phenoxy) is 2. The van der Waals surface area contributed by atoms with E-state index in [1.54, 1.807) is 16.8 Å². The van der Waals surface area contributed by atoms with E-state index in [-0.39, 0.29) is 6.61 Å². The molecule has 8 nitrogen and oxygen atoms in total. The van der Waals surface area contributed by atoms with Crippen molar-refractivity contribution in [3.63, 3.8) is 0 Å². The maximum absolute atomic E-state index is 12.3. The van der Waals surface area contributed by atoms with Crippen molar-refractivity contribution in [1.29, 1.82) is 0 Å². The van der Waals surface area contributed by atoms with E-state index in [0.717, 1.165) is 12.2 Å². The van der Waals surface area contributed by atoms with E-state index >= 15 is 0 Å². The fourth-order valence-corrected chi connectivity index (χ4v) is 2.63. The summed E-state index contributed by atoms with van der Waals surface area (Å²) in [6.07, 6.45) is 3.16. The van der Waals surface area contributed by atoms with Gasteiger partial charge in [0.05, 0.1) is 42.9 Å². The van der Waals surface area contributed by atoms with Crippen molar-refractivity contribution in [2.24, 2.45) is 0 Å². The molecule has 0 fully saturated rings. The highest BCUT2D eigenvalue weighted by molar-refractivity contribution is 5.90. The molecule has 0 N–H and O–H groups in total. The molecule has 0 unspecified atom stereocenters. The molecule has 3 aromatic heterocycles. The van der Waals surface area contributed by atoms with Crippen molar-refractivity contribution in [2.45, 2.75) is 26.7 Å². The summed E-state index contributed by atoms with van der Waals surface area (Å²) >= 11 is 0. The summed E-state index contributed by atoms with van der Waals surface area (Å²) in [5, 5.41) is 8.55. The third-order valence-corrected chi connectivity index (χ3v) is 3.84. The Morgan fingerprint density at radius 1 is 1.48 bits per heavy atom. The van der Waals surface area contributed by atoms with Crippen molar-refractivity contribution in [3.05, 3.63) is 47.2 Å². The van der Waals surface area contributed by atoms with Gasteiger partial charge in [-0.1, -0.05) is 0 Å². The molecule has 118 valence electrons. The zero-order valence-corrected chi connectivity index (χ0v) is 12.6. The Bertz CT molecular complexity index is 859. The van der Waals surface area contributed by atoms with Gasteiger partial charge < -0.3 is 9.47 Å². The van der Waals surface area contributed by atoms with Crippen molar-refractivity contribution in [1.82, 2.24) is 24.4 Å². The first-order valence-electron chi connectivity index (χ1n) is 7.32. The van der Waals surface area contributed by atoms with E-state index in [4.69, 9.17) is 9.47 Å². The molecule has 3 aromatic rings. The first-order chi connectivity index (χ1) is 11.2. The van der Waals surface area contributed by atoms with Crippen LogP contribution in [0, 0.1) is 6.92 Å². The number of fused-ring (bicyclic) bond motifs is 2. The van der Waals surface area contributed by atoms with Gasteiger partial charge in [0.15, 0.2) is 5.65 Å². The van der Waals surface area contributed by atoms with Crippen molar-refractivity contribution < 1.29 is 14.3 Å². The fraction of sp³-hybridized carbons (Fsp3) is 0.333. The van der Waals surface area contributed by atoms with Crippen LogP contribution in [0.3, 0.4) is 0 Å². The van der Waals surface area contributed by atoms with E-state index in [1.165, 1.54) is 6.20 Å². The standard InChI is InChI=1S/C15H15N5O3/c1-10-13(7-16-14-2-3-17-20(10)14)15(21)23-8-11-6-12-9-22-5-4-19(12)18-11/h2-3,6-7H,4-5,8-9H2,1H3. The minimum Gasteiger partial charge on any atom is -0.455 e. The zero-order chi connectivity index (χ0) is 15.8. The lowest BCUT2D eigenvalue weighted by molar-refractivity contribution is 0.0463. The minimum atomic E-state index is -0.436. The van der Waals surface area contributed by atoms with E-state index in [0.29, 0.717) is 35.8 Å². The molecule has 0 spiro atoms. The van der Waals surface area contributed by atoms with Crippen LogP contribution in [0.25, 0.3) is 5.65 Å². The van der Waals surface area contributed by atoms with Gasteiger partial charge in [-0.25, -0.2) is 14.3 Å². The average Bonchev–Trinajstić information content (AvgIpc) is 3.19. The molecule has 1 aliphatic heterocycles. The molecule has 0 aromatic carbocycles. The summed E-state index contributed by atoms with van der Waals surface area (Å²) < 4.78 is 14.2. The second-order valence-corrected chi connectivity index (χ2v) is 5.34. The van der Waals surface area contributed by atoms with Gasteiger partial charge in [-0.15, -0.1) is 0 Å². The second kappa shape index (κ2) is 5.47. The topological polar surface area (TPSA) is 83.5 Å². The van der Waals surface area contributed by atoms with Crippen LogP contribution in [0.4, 0.5) is 0 Å². The van der Waals surface area contributed by atoms with E-state index in [9.17, 15) is 4.79 Å². The molecular weight excluding hydrogens is 298 g/mol. The highest BCUT2D eigenvalue weighted by atomic mass is 16.5. The number of hydrogen-bond acceptors (Lipinski definition) is 6. The lowest BCUT2D eigenvalue weighted by Crippen LogP contribution is -2.17. The number of esters is 1. The number of aryl methyl sites for hydroxylation is 1. The summed E-state index contributed by atoms with van der Waals surface area (Å²) in [6, 6.07) is 3.67. The van der Waals surface area contributed by atoms with Gasteiger partial charge in [0.1, 0.15) is 12.3 Å². The Morgan fingerprint density at radius 3 is 3.26 bits per heavy atom. The molecule has 4 rings (SSSR count). The molecule has 8 heteroatoms. The maximum atomic E-state index is 12.3. The smallest absolute Gasteiger partial charge is 0.341 e. The van der Waals surface area contributed by atoms with E-state index < -0.39 is 5.97 Å². The Balaban J connectivity index is 1.50. The SMILES string of the molecule is Cc1c(C(=O)OCc2cc3n(n2)CCOC3)cnc2ccnn12. The summed E-state index contributed by atoms with van der Waals surface area (Å²) in [4.78, 5) is 16.5. The lowest BCUT2D eigenvalue weighted by Gasteiger charge is -2.12. The molecule has 4 heterocycles. The monoisotopic (exact) mass is 313 g/mol. The Labute approximate surface area is 131 Å². The number of carbonyl (C=O) groups is 1. The molecule has 0 saturated heterocycles. The van der Waals surface area contributed by atoms with Gasteiger partial charge in [-0.3, -0.25) is 4.68 Å². The van der Waals surface area contributed by atoms with Crippen LogP contribution in [-0.4, -0.2) is 37.0 Å². The minimum absolute atomic E-state index is 0.120. The fourth-order valence-electron chi connectivity index (χ4n) is 2.63. The Morgan fingerprint density at radius 2 is 2.39 bits per heavy atom. The average molecular weight is 313 g/mol. The van der Waals surface area contributed by atoms with Gasteiger partial charge in [-0.05, 0) is 13.0 Å². The van der Waals surface area contributed by atoms with Crippen molar-refractivity contribution in [2.75, 3.05) is 6.61 Å². The van der Waals surface area contributed by atoms with Gasteiger partial charge in [0, 0.05) is 12.3 Å². The zero-order valence-electron chi connectivity index (χ0n) is 12.6. The van der Waals surface area contributed by atoms with Crippen LogP contribution >= 0.6 is 0 Å².